The molecule has 0 aliphatic rings. The van der Waals surface area contributed by atoms with E-state index < -0.39 is 0 Å². The molecule has 0 saturated heterocycles. The topological polar surface area (TPSA) is 24.1 Å². The van der Waals surface area contributed by atoms with Crippen LogP contribution in [0.15, 0.2) is 60.7 Å². The molecule has 0 fully saturated rings. The van der Waals surface area contributed by atoms with Crippen LogP contribution in [0.2, 0.25) is 0 Å². The second-order valence-electron chi connectivity index (χ2n) is 5.02. The molecule has 0 aromatic heterocycles. The zero-order valence-electron chi connectivity index (χ0n) is 12.4. The minimum Gasteiger partial charge on any atom is -0.376 e. The van der Waals surface area contributed by atoms with Gasteiger partial charge >= 0.3 is 0 Å². The summed E-state index contributed by atoms with van der Waals surface area (Å²) in [6.45, 7) is 1.54. The molecule has 0 radical (unpaired) electrons. The summed E-state index contributed by atoms with van der Waals surface area (Å²) in [6, 6.07) is 20.5. The summed E-state index contributed by atoms with van der Waals surface area (Å²) in [6.07, 6.45) is 1.56. The van der Waals surface area contributed by atoms with E-state index >= 15 is 0 Å². The molecular formula is C18H20N2S2. The second kappa shape index (κ2) is 9.28. The summed E-state index contributed by atoms with van der Waals surface area (Å²) >= 11 is 10.7. The maximum atomic E-state index is 5.35. The average Bonchev–Trinajstić information content (AvgIpc) is 2.58. The Balaban J connectivity index is 1.62. The zero-order valence-corrected chi connectivity index (χ0v) is 14.1. The summed E-state index contributed by atoms with van der Waals surface area (Å²) in [4.78, 5) is 1.71. The van der Waals surface area contributed by atoms with Gasteiger partial charge in [0.25, 0.3) is 0 Å². The first kappa shape index (κ1) is 16.6. The van der Waals surface area contributed by atoms with Crippen LogP contribution < -0.4 is 10.6 Å². The van der Waals surface area contributed by atoms with E-state index in [1.165, 1.54) is 11.1 Å². The zero-order chi connectivity index (χ0) is 15.6. The maximum absolute atomic E-state index is 5.35. The molecule has 0 bridgehead atoms. The summed E-state index contributed by atoms with van der Waals surface area (Å²) in [5, 5.41) is 6.54. The first-order chi connectivity index (χ1) is 10.7. The van der Waals surface area contributed by atoms with Crippen LogP contribution in [-0.2, 0) is 13.1 Å². The Bertz CT molecular complexity index is 541. The lowest BCUT2D eigenvalue weighted by Crippen LogP contribution is -2.25. The molecule has 0 amide bonds. The van der Waals surface area contributed by atoms with Crippen molar-refractivity contribution in [2.75, 3.05) is 0 Å². The van der Waals surface area contributed by atoms with E-state index in [-0.39, 0.29) is 0 Å². The van der Waals surface area contributed by atoms with Crippen LogP contribution in [0.1, 0.15) is 24.0 Å². The van der Waals surface area contributed by atoms with Crippen LogP contribution in [0.25, 0.3) is 0 Å². The van der Waals surface area contributed by atoms with Gasteiger partial charge in [-0.1, -0.05) is 85.1 Å². The first-order valence-electron chi connectivity index (χ1n) is 7.35. The Labute approximate surface area is 142 Å². The van der Waals surface area contributed by atoms with Gasteiger partial charge in [-0.15, -0.1) is 0 Å². The average molecular weight is 329 g/mol. The molecule has 22 heavy (non-hydrogen) atoms. The fraction of sp³-hybridized carbons (Fsp3) is 0.222. The van der Waals surface area contributed by atoms with Gasteiger partial charge in [0.2, 0.25) is 0 Å². The van der Waals surface area contributed by atoms with E-state index in [9.17, 15) is 0 Å². The standard InChI is InChI=1S/C18H20N2S2/c21-17(19-13-15-7-3-1-4-8-15)11-12-18(22)20-14-16-9-5-2-6-10-16/h1-10H,11-14H2,(H,19,21)(H,20,22). The lowest BCUT2D eigenvalue weighted by molar-refractivity contribution is 0.874. The number of benzene rings is 2. The van der Waals surface area contributed by atoms with Crippen LogP contribution in [0.5, 0.6) is 0 Å². The summed E-state index contributed by atoms with van der Waals surface area (Å²) in [7, 11) is 0. The maximum Gasteiger partial charge on any atom is 0.0760 e. The molecule has 2 nitrogen and oxygen atoms in total. The predicted octanol–water partition coefficient (Wildman–Crippen LogP) is 4.00. The van der Waals surface area contributed by atoms with Crippen LogP contribution >= 0.6 is 24.4 Å². The molecule has 2 aromatic carbocycles. The third-order valence-corrected chi connectivity index (χ3v) is 3.94. The van der Waals surface area contributed by atoms with Crippen molar-refractivity contribution in [2.45, 2.75) is 25.9 Å². The van der Waals surface area contributed by atoms with Crippen molar-refractivity contribution in [2.24, 2.45) is 0 Å². The molecule has 114 valence electrons. The van der Waals surface area contributed by atoms with E-state index in [1.54, 1.807) is 0 Å². The predicted molar refractivity (Wildman–Crippen MR) is 101 cm³/mol. The van der Waals surface area contributed by atoms with E-state index in [0.717, 1.165) is 35.9 Å². The lowest BCUT2D eigenvalue weighted by Gasteiger charge is -2.10. The highest BCUT2D eigenvalue weighted by Gasteiger charge is 2.01. The summed E-state index contributed by atoms with van der Waals surface area (Å²) in [5.74, 6) is 0. The Morgan fingerprint density at radius 2 is 1.00 bits per heavy atom. The summed E-state index contributed by atoms with van der Waals surface area (Å²) < 4.78 is 0. The smallest absolute Gasteiger partial charge is 0.0760 e. The van der Waals surface area contributed by atoms with E-state index in [0.29, 0.717) is 0 Å². The largest absolute Gasteiger partial charge is 0.376 e. The molecule has 0 unspecified atom stereocenters. The van der Waals surface area contributed by atoms with E-state index in [1.807, 2.05) is 36.4 Å². The van der Waals surface area contributed by atoms with Gasteiger partial charge in [0, 0.05) is 25.9 Å². The molecule has 0 aliphatic heterocycles. The Kier molecular flexibility index (Phi) is 7.00. The number of hydrogen-bond donors (Lipinski definition) is 2. The Morgan fingerprint density at radius 3 is 1.36 bits per heavy atom. The summed E-state index contributed by atoms with van der Waals surface area (Å²) in [5.41, 5.74) is 2.46. The van der Waals surface area contributed by atoms with E-state index in [4.69, 9.17) is 24.4 Å². The number of hydrogen-bond acceptors (Lipinski definition) is 2. The van der Waals surface area contributed by atoms with Crippen molar-refractivity contribution in [3.8, 4) is 0 Å². The fourth-order valence-electron chi connectivity index (χ4n) is 2.00. The van der Waals surface area contributed by atoms with Gasteiger partial charge in [0.15, 0.2) is 0 Å². The van der Waals surface area contributed by atoms with E-state index in [2.05, 4.69) is 34.9 Å². The highest BCUT2D eigenvalue weighted by molar-refractivity contribution is 7.80. The fourth-order valence-corrected chi connectivity index (χ4v) is 2.35. The second-order valence-corrected chi connectivity index (χ2v) is 6.01. The van der Waals surface area contributed by atoms with Crippen molar-refractivity contribution in [1.82, 2.24) is 10.6 Å². The van der Waals surface area contributed by atoms with Crippen LogP contribution in [0, 0.1) is 0 Å². The number of rotatable bonds is 7. The van der Waals surface area contributed by atoms with Gasteiger partial charge in [0.05, 0.1) is 9.98 Å². The van der Waals surface area contributed by atoms with Gasteiger partial charge in [-0.2, -0.15) is 0 Å². The van der Waals surface area contributed by atoms with Crippen molar-refractivity contribution < 1.29 is 0 Å². The van der Waals surface area contributed by atoms with Crippen LogP contribution in [0.4, 0.5) is 0 Å². The van der Waals surface area contributed by atoms with Gasteiger partial charge in [-0.05, 0) is 11.1 Å². The SMILES string of the molecule is S=C(CCC(=S)NCc1ccccc1)NCc1ccccc1. The highest BCUT2D eigenvalue weighted by atomic mass is 32.1. The van der Waals surface area contributed by atoms with Gasteiger partial charge in [-0.25, -0.2) is 0 Å². The van der Waals surface area contributed by atoms with Crippen molar-refractivity contribution in [1.29, 1.82) is 0 Å². The monoisotopic (exact) mass is 328 g/mol. The minimum absolute atomic E-state index is 0.768. The van der Waals surface area contributed by atoms with Gasteiger partial charge in [0.1, 0.15) is 0 Å². The normalized spacial score (nSPS) is 10.0. The first-order valence-corrected chi connectivity index (χ1v) is 8.17. The molecule has 0 heterocycles. The van der Waals surface area contributed by atoms with Gasteiger partial charge < -0.3 is 10.6 Å². The third kappa shape index (κ3) is 6.33. The van der Waals surface area contributed by atoms with Crippen molar-refractivity contribution >= 4 is 34.4 Å². The molecule has 0 spiro atoms. The number of thiocarbonyl (C=S) groups is 2. The molecule has 0 atom stereocenters. The molecule has 4 heteroatoms. The van der Waals surface area contributed by atoms with Crippen LogP contribution in [0.3, 0.4) is 0 Å². The Morgan fingerprint density at radius 1 is 0.636 bits per heavy atom. The third-order valence-electron chi connectivity index (χ3n) is 3.24. The molecule has 2 rings (SSSR count). The molecule has 0 aliphatic carbocycles. The highest BCUT2D eigenvalue weighted by Crippen LogP contribution is 2.01. The molecule has 0 saturated carbocycles. The Hall–Kier alpha value is -1.78. The minimum atomic E-state index is 0.768. The lowest BCUT2D eigenvalue weighted by atomic mass is 10.2. The number of nitrogens with one attached hydrogen (secondary N) is 2. The quantitative estimate of drug-likeness (QED) is 0.750. The molecule has 2 aromatic rings. The van der Waals surface area contributed by atoms with Gasteiger partial charge in [-0.3, -0.25) is 0 Å². The molecule has 2 N–H and O–H groups in total. The van der Waals surface area contributed by atoms with Crippen LogP contribution in [-0.4, -0.2) is 9.98 Å². The molecular weight excluding hydrogens is 308 g/mol. The van der Waals surface area contributed by atoms with Crippen molar-refractivity contribution in [3.05, 3.63) is 71.8 Å². The van der Waals surface area contributed by atoms with Crippen molar-refractivity contribution in [3.63, 3.8) is 0 Å².